The molecule has 2 aromatic rings. The Morgan fingerprint density at radius 1 is 1.44 bits per heavy atom. The topological polar surface area (TPSA) is 42.7 Å². The van der Waals surface area contributed by atoms with Crippen molar-refractivity contribution in [3.05, 3.63) is 40.4 Å². The number of hydrogen-bond donors (Lipinski definition) is 1. The maximum atomic E-state index is 13.2. The summed E-state index contributed by atoms with van der Waals surface area (Å²) in [7, 11) is 0. The monoisotopic (exact) mass is 310 g/mol. The molecule has 18 heavy (non-hydrogen) atoms. The maximum absolute atomic E-state index is 13.2. The normalized spacial score (nSPS) is 15.0. The molecule has 1 heterocycles. The van der Waals surface area contributed by atoms with Crippen LogP contribution in [0.3, 0.4) is 0 Å². The van der Waals surface area contributed by atoms with Crippen LogP contribution in [0.5, 0.6) is 0 Å². The van der Waals surface area contributed by atoms with Gasteiger partial charge in [-0.15, -0.1) is 5.10 Å². The fraction of sp³-hybridized carbons (Fsp3) is 0.333. The maximum Gasteiger partial charge on any atom is 0.137 e. The van der Waals surface area contributed by atoms with E-state index >= 15 is 0 Å². The Labute approximate surface area is 112 Å². The van der Waals surface area contributed by atoms with Crippen molar-refractivity contribution in [2.75, 3.05) is 0 Å². The smallest absolute Gasteiger partial charge is 0.137 e. The molecule has 1 aliphatic carbocycles. The first-order valence-electron chi connectivity index (χ1n) is 5.82. The highest BCUT2D eigenvalue weighted by molar-refractivity contribution is 9.10. The van der Waals surface area contributed by atoms with Crippen LogP contribution in [0, 0.1) is 5.82 Å². The highest BCUT2D eigenvalue weighted by atomic mass is 79.9. The lowest BCUT2D eigenvalue weighted by molar-refractivity contribution is 0.618. The molecule has 0 amide bonds. The number of rotatable bonds is 4. The van der Waals surface area contributed by atoms with Gasteiger partial charge in [0, 0.05) is 12.6 Å². The van der Waals surface area contributed by atoms with Gasteiger partial charge in [-0.3, -0.25) is 0 Å². The molecule has 1 aromatic carbocycles. The van der Waals surface area contributed by atoms with E-state index in [4.69, 9.17) is 0 Å². The second kappa shape index (κ2) is 4.78. The summed E-state index contributed by atoms with van der Waals surface area (Å²) < 4.78 is 15.3. The van der Waals surface area contributed by atoms with Crippen molar-refractivity contribution in [2.24, 2.45) is 0 Å². The van der Waals surface area contributed by atoms with Crippen LogP contribution in [-0.4, -0.2) is 21.0 Å². The van der Waals surface area contributed by atoms with E-state index in [1.165, 1.54) is 18.9 Å². The van der Waals surface area contributed by atoms with Crippen LogP contribution in [-0.2, 0) is 6.54 Å². The van der Waals surface area contributed by atoms with E-state index in [9.17, 15) is 4.39 Å². The van der Waals surface area contributed by atoms with Gasteiger partial charge in [0.2, 0.25) is 0 Å². The van der Waals surface area contributed by atoms with Gasteiger partial charge in [-0.25, -0.2) is 9.07 Å². The van der Waals surface area contributed by atoms with Crippen molar-refractivity contribution in [3.8, 4) is 5.69 Å². The molecule has 94 valence electrons. The molecular weight excluding hydrogens is 299 g/mol. The van der Waals surface area contributed by atoms with E-state index in [-0.39, 0.29) is 5.82 Å². The fourth-order valence-corrected chi connectivity index (χ4v) is 2.11. The summed E-state index contributed by atoms with van der Waals surface area (Å²) >= 11 is 3.18. The molecule has 0 unspecified atom stereocenters. The van der Waals surface area contributed by atoms with Gasteiger partial charge in [0.15, 0.2) is 0 Å². The van der Waals surface area contributed by atoms with E-state index in [1.807, 2.05) is 0 Å². The Kier molecular flexibility index (Phi) is 3.13. The Bertz CT molecular complexity index is 565. The third-order valence-electron chi connectivity index (χ3n) is 2.92. The molecular formula is C12H12BrFN4. The second-order valence-electron chi connectivity index (χ2n) is 4.39. The highest BCUT2D eigenvalue weighted by Gasteiger charge is 2.21. The lowest BCUT2D eigenvalue weighted by Crippen LogP contribution is -2.18. The Morgan fingerprint density at radius 2 is 2.28 bits per heavy atom. The van der Waals surface area contributed by atoms with Gasteiger partial charge in [-0.1, -0.05) is 5.21 Å². The third kappa shape index (κ3) is 2.44. The van der Waals surface area contributed by atoms with Gasteiger partial charge in [0.25, 0.3) is 0 Å². The number of aromatic nitrogens is 3. The van der Waals surface area contributed by atoms with Crippen molar-refractivity contribution in [2.45, 2.75) is 25.4 Å². The van der Waals surface area contributed by atoms with Crippen LogP contribution in [0.1, 0.15) is 18.5 Å². The minimum atomic E-state index is -0.281. The predicted molar refractivity (Wildman–Crippen MR) is 68.9 cm³/mol. The van der Waals surface area contributed by atoms with Gasteiger partial charge < -0.3 is 5.32 Å². The van der Waals surface area contributed by atoms with Crippen molar-refractivity contribution < 1.29 is 4.39 Å². The molecule has 0 saturated heterocycles. The van der Waals surface area contributed by atoms with Crippen LogP contribution in [0.15, 0.2) is 28.9 Å². The lowest BCUT2D eigenvalue weighted by Gasteiger charge is -2.07. The minimum Gasteiger partial charge on any atom is -0.308 e. The fourth-order valence-electron chi connectivity index (χ4n) is 1.75. The third-order valence-corrected chi connectivity index (χ3v) is 3.52. The highest BCUT2D eigenvalue weighted by Crippen LogP contribution is 2.21. The van der Waals surface area contributed by atoms with E-state index in [1.54, 1.807) is 23.0 Å². The first kappa shape index (κ1) is 11.8. The summed E-state index contributed by atoms with van der Waals surface area (Å²) in [6, 6.07) is 5.44. The van der Waals surface area contributed by atoms with E-state index < -0.39 is 0 Å². The molecule has 1 aliphatic rings. The SMILES string of the molecule is Fc1ccc(-n2nncc2CNC2CC2)cc1Br. The van der Waals surface area contributed by atoms with Gasteiger partial charge >= 0.3 is 0 Å². The molecule has 6 heteroatoms. The number of halogens is 2. The zero-order chi connectivity index (χ0) is 12.5. The molecule has 0 radical (unpaired) electrons. The lowest BCUT2D eigenvalue weighted by atomic mass is 10.3. The number of nitrogens with zero attached hydrogens (tertiary/aromatic N) is 3. The van der Waals surface area contributed by atoms with Crippen LogP contribution in [0.25, 0.3) is 5.69 Å². The molecule has 4 nitrogen and oxygen atoms in total. The molecule has 0 bridgehead atoms. The predicted octanol–water partition coefficient (Wildman–Crippen LogP) is 2.42. The molecule has 0 atom stereocenters. The van der Waals surface area contributed by atoms with Crippen LogP contribution in [0.4, 0.5) is 4.39 Å². The summed E-state index contributed by atoms with van der Waals surface area (Å²) in [5.74, 6) is -0.281. The zero-order valence-electron chi connectivity index (χ0n) is 9.61. The summed E-state index contributed by atoms with van der Waals surface area (Å²) in [5, 5.41) is 11.4. The molecule has 3 rings (SSSR count). The van der Waals surface area contributed by atoms with Crippen molar-refractivity contribution in [3.63, 3.8) is 0 Å². The first-order chi connectivity index (χ1) is 8.74. The molecule has 1 aromatic heterocycles. The Balaban J connectivity index is 1.85. The van der Waals surface area contributed by atoms with Gasteiger partial charge in [-0.2, -0.15) is 0 Å². The van der Waals surface area contributed by atoms with Crippen molar-refractivity contribution >= 4 is 15.9 Å². The molecule has 0 spiro atoms. The van der Waals surface area contributed by atoms with Crippen LogP contribution >= 0.6 is 15.9 Å². The Hall–Kier alpha value is -1.27. The van der Waals surface area contributed by atoms with Gasteiger partial charge in [-0.05, 0) is 47.0 Å². The molecule has 1 saturated carbocycles. The quantitative estimate of drug-likeness (QED) is 0.943. The van der Waals surface area contributed by atoms with Gasteiger partial charge in [0.1, 0.15) is 5.82 Å². The average Bonchev–Trinajstić information content (AvgIpc) is 3.08. The molecule has 1 N–H and O–H groups in total. The number of nitrogens with one attached hydrogen (secondary N) is 1. The van der Waals surface area contributed by atoms with Crippen molar-refractivity contribution in [1.29, 1.82) is 0 Å². The number of benzene rings is 1. The standard InChI is InChI=1S/C12H12BrFN4/c13-11-5-9(3-4-12(11)14)18-10(7-16-17-18)6-15-8-1-2-8/h3-5,7-8,15H,1-2,6H2. The first-order valence-corrected chi connectivity index (χ1v) is 6.62. The molecule has 0 aliphatic heterocycles. The minimum absolute atomic E-state index is 0.281. The number of hydrogen-bond acceptors (Lipinski definition) is 3. The van der Waals surface area contributed by atoms with E-state index in [0.29, 0.717) is 10.5 Å². The van der Waals surface area contributed by atoms with Crippen molar-refractivity contribution in [1.82, 2.24) is 20.3 Å². The zero-order valence-corrected chi connectivity index (χ0v) is 11.2. The summed E-state index contributed by atoms with van der Waals surface area (Å²) in [4.78, 5) is 0. The summed E-state index contributed by atoms with van der Waals surface area (Å²) in [6.07, 6.45) is 4.21. The van der Waals surface area contributed by atoms with Crippen LogP contribution in [0.2, 0.25) is 0 Å². The largest absolute Gasteiger partial charge is 0.308 e. The van der Waals surface area contributed by atoms with E-state index in [0.717, 1.165) is 17.9 Å². The van der Waals surface area contributed by atoms with Gasteiger partial charge in [0.05, 0.1) is 22.1 Å². The molecule has 1 fully saturated rings. The Morgan fingerprint density at radius 3 is 3.00 bits per heavy atom. The average molecular weight is 311 g/mol. The van der Waals surface area contributed by atoms with E-state index in [2.05, 4.69) is 31.6 Å². The summed E-state index contributed by atoms with van der Waals surface area (Å²) in [5.41, 5.74) is 1.77. The van der Waals surface area contributed by atoms with Crippen LogP contribution < -0.4 is 5.32 Å². The second-order valence-corrected chi connectivity index (χ2v) is 5.25. The summed E-state index contributed by atoms with van der Waals surface area (Å²) in [6.45, 7) is 0.729.